The fraction of sp³-hybridized carbons (Fsp3) is 0.294. The molecule has 1 heterocycles. The summed E-state index contributed by atoms with van der Waals surface area (Å²) in [5.74, 6) is 0.682. The highest BCUT2D eigenvalue weighted by Crippen LogP contribution is 2.32. The van der Waals surface area contributed by atoms with Crippen molar-refractivity contribution in [1.29, 1.82) is 0 Å². The molecule has 0 amide bonds. The van der Waals surface area contributed by atoms with E-state index >= 15 is 0 Å². The fourth-order valence-electron chi connectivity index (χ4n) is 2.82. The molecule has 1 aliphatic rings. The quantitative estimate of drug-likeness (QED) is 0.800. The van der Waals surface area contributed by atoms with E-state index < -0.39 is 0 Å². The van der Waals surface area contributed by atoms with Gasteiger partial charge in [-0.3, -0.25) is 0 Å². The summed E-state index contributed by atoms with van der Waals surface area (Å²) in [5.41, 5.74) is 2.73. The highest BCUT2D eigenvalue weighted by atomic mass is 35.5. The number of benzene rings is 2. The predicted octanol–water partition coefficient (Wildman–Crippen LogP) is 4.82. The maximum Gasteiger partial charge on any atom is 0.138 e. The molecule has 0 aliphatic carbocycles. The van der Waals surface area contributed by atoms with E-state index in [0.29, 0.717) is 28.4 Å². The number of ether oxygens (including phenoxy) is 1. The lowest BCUT2D eigenvalue weighted by atomic mass is 10.1. The molecule has 0 fully saturated rings. The van der Waals surface area contributed by atoms with E-state index in [1.807, 2.05) is 6.07 Å². The van der Waals surface area contributed by atoms with E-state index in [9.17, 15) is 0 Å². The molecule has 0 spiro atoms. The lowest BCUT2D eigenvalue weighted by molar-refractivity contribution is 0.321. The fourth-order valence-corrected chi connectivity index (χ4v) is 3.28. The average Bonchev–Trinajstić information content (AvgIpc) is 2.77. The molecule has 0 bridgehead atoms. The SMILES string of the molecule is CC1Cc2ccccc2N1CCOc1ccc(Cl)cc1Cl. The maximum absolute atomic E-state index is 6.11. The molecular weight excluding hydrogens is 305 g/mol. The van der Waals surface area contributed by atoms with Crippen LogP contribution in [-0.2, 0) is 6.42 Å². The zero-order valence-corrected chi connectivity index (χ0v) is 13.4. The van der Waals surface area contributed by atoms with Crippen LogP contribution in [0, 0.1) is 0 Å². The smallest absolute Gasteiger partial charge is 0.138 e. The molecule has 2 aromatic carbocycles. The van der Waals surface area contributed by atoms with Gasteiger partial charge in [0.2, 0.25) is 0 Å². The average molecular weight is 322 g/mol. The number of nitrogens with zero attached hydrogens (tertiary/aromatic N) is 1. The third-order valence-corrected chi connectivity index (χ3v) is 4.36. The molecule has 21 heavy (non-hydrogen) atoms. The van der Waals surface area contributed by atoms with Crippen molar-refractivity contribution < 1.29 is 4.74 Å². The standard InChI is InChI=1S/C17H17Cl2NO/c1-12-10-13-4-2-3-5-16(13)20(12)8-9-21-17-7-6-14(18)11-15(17)19/h2-7,11-12H,8-10H2,1H3. The zero-order valence-electron chi connectivity index (χ0n) is 11.9. The Labute approximate surface area is 135 Å². The van der Waals surface area contributed by atoms with Crippen molar-refractivity contribution in [2.24, 2.45) is 0 Å². The van der Waals surface area contributed by atoms with Crippen LogP contribution in [-0.4, -0.2) is 19.2 Å². The van der Waals surface area contributed by atoms with Crippen molar-refractivity contribution in [1.82, 2.24) is 0 Å². The summed E-state index contributed by atoms with van der Waals surface area (Å²) in [7, 11) is 0. The van der Waals surface area contributed by atoms with Gasteiger partial charge in [0.15, 0.2) is 0 Å². The second kappa shape index (κ2) is 6.17. The van der Waals surface area contributed by atoms with E-state index in [-0.39, 0.29) is 0 Å². The molecule has 110 valence electrons. The van der Waals surface area contributed by atoms with E-state index in [0.717, 1.165) is 13.0 Å². The summed E-state index contributed by atoms with van der Waals surface area (Å²) in [6.07, 6.45) is 1.10. The van der Waals surface area contributed by atoms with Crippen LogP contribution >= 0.6 is 23.2 Å². The molecule has 4 heteroatoms. The first kappa shape index (κ1) is 14.6. The van der Waals surface area contributed by atoms with Gasteiger partial charge in [0, 0.05) is 16.8 Å². The van der Waals surface area contributed by atoms with Gasteiger partial charge in [-0.25, -0.2) is 0 Å². The lowest BCUT2D eigenvalue weighted by Crippen LogP contribution is -2.33. The molecule has 2 aromatic rings. The molecule has 0 N–H and O–H groups in total. The summed E-state index contributed by atoms with van der Waals surface area (Å²) >= 11 is 12.0. The number of rotatable bonds is 4. The van der Waals surface area contributed by atoms with Gasteiger partial charge in [-0.1, -0.05) is 41.4 Å². The van der Waals surface area contributed by atoms with Crippen LogP contribution in [0.25, 0.3) is 0 Å². The van der Waals surface area contributed by atoms with Crippen LogP contribution in [0.1, 0.15) is 12.5 Å². The van der Waals surface area contributed by atoms with Crippen LogP contribution in [0.5, 0.6) is 5.75 Å². The molecule has 0 radical (unpaired) electrons. The molecule has 1 aliphatic heterocycles. The van der Waals surface area contributed by atoms with Gasteiger partial charge < -0.3 is 9.64 Å². The van der Waals surface area contributed by atoms with Crippen molar-refractivity contribution >= 4 is 28.9 Å². The van der Waals surface area contributed by atoms with Gasteiger partial charge in [-0.15, -0.1) is 0 Å². The van der Waals surface area contributed by atoms with Crippen LogP contribution in [0.4, 0.5) is 5.69 Å². The topological polar surface area (TPSA) is 12.5 Å². The lowest BCUT2D eigenvalue weighted by Gasteiger charge is -2.25. The van der Waals surface area contributed by atoms with Crippen LogP contribution in [0.3, 0.4) is 0 Å². The first-order valence-electron chi connectivity index (χ1n) is 7.07. The molecule has 1 unspecified atom stereocenters. The molecule has 0 saturated heterocycles. The van der Waals surface area contributed by atoms with Gasteiger partial charge >= 0.3 is 0 Å². The predicted molar refractivity (Wildman–Crippen MR) is 88.9 cm³/mol. The first-order chi connectivity index (χ1) is 10.1. The number of halogens is 2. The monoisotopic (exact) mass is 321 g/mol. The van der Waals surface area contributed by atoms with Crippen molar-refractivity contribution in [2.75, 3.05) is 18.1 Å². The van der Waals surface area contributed by atoms with Crippen molar-refractivity contribution in [3.8, 4) is 5.75 Å². The minimum atomic E-state index is 0.506. The Kier molecular flexibility index (Phi) is 4.27. The Bertz CT molecular complexity index is 644. The van der Waals surface area contributed by atoms with Gasteiger partial charge in [-0.2, -0.15) is 0 Å². The Morgan fingerprint density at radius 2 is 2.00 bits per heavy atom. The summed E-state index contributed by atoms with van der Waals surface area (Å²) < 4.78 is 5.78. The summed E-state index contributed by atoms with van der Waals surface area (Å²) in [4.78, 5) is 2.39. The van der Waals surface area contributed by atoms with E-state index in [1.54, 1.807) is 12.1 Å². The van der Waals surface area contributed by atoms with Crippen LogP contribution in [0.15, 0.2) is 42.5 Å². The Hall–Kier alpha value is -1.38. The molecular formula is C17H17Cl2NO. The van der Waals surface area contributed by atoms with Crippen LogP contribution in [0.2, 0.25) is 10.0 Å². The second-order valence-corrected chi connectivity index (χ2v) is 6.14. The van der Waals surface area contributed by atoms with Crippen LogP contribution < -0.4 is 9.64 Å². The van der Waals surface area contributed by atoms with Crippen molar-refractivity contribution in [3.05, 3.63) is 58.1 Å². The number of para-hydroxylation sites is 1. The zero-order chi connectivity index (χ0) is 14.8. The molecule has 0 aromatic heterocycles. The third kappa shape index (κ3) is 3.12. The van der Waals surface area contributed by atoms with E-state index in [4.69, 9.17) is 27.9 Å². The number of fused-ring (bicyclic) bond motifs is 1. The van der Waals surface area contributed by atoms with Gasteiger partial charge in [-0.05, 0) is 43.2 Å². The number of anilines is 1. The highest BCUT2D eigenvalue weighted by Gasteiger charge is 2.24. The number of hydrogen-bond acceptors (Lipinski definition) is 2. The molecule has 1 atom stereocenters. The Balaban J connectivity index is 1.63. The summed E-state index contributed by atoms with van der Waals surface area (Å²) in [5, 5.41) is 1.17. The number of hydrogen-bond donors (Lipinski definition) is 0. The van der Waals surface area contributed by atoms with Gasteiger partial charge in [0.1, 0.15) is 12.4 Å². The summed E-state index contributed by atoms with van der Waals surface area (Å²) in [6, 6.07) is 14.4. The Morgan fingerprint density at radius 3 is 2.81 bits per heavy atom. The maximum atomic E-state index is 6.11. The summed E-state index contributed by atoms with van der Waals surface area (Å²) in [6.45, 7) is 3.69. The minimum absolute atomic E-state index is 0.506. The molecule has 2 nitrogen and oxygen atoms in total. The normalized spacial score (nSPS) is 16.9. The third-order valence-electron chi connectivity index (χ3n) is 3.83. The largest absolute Gasteiger partial charge is 0.490 e. The van der Waals surface area contributed by atoms with Gasteiger partial charge in [0.05, 0.1) is 11.6 Å². The van der Waals surface area contributed by atoms with E-state index in [1.165, 1.54) is 11.3 Å². The Morgan fingerprint density at radius 1 is 1.19 bits per heavy atom. The minimum Gasteiger partial charge on any atom is -0.490 e. The van der Waals surface area contributed by atoms with E-state index in [2.05, 4.69) is 36.1 Å². The second-order valence-electron chi connectivity index (χ2n) is 5.30. The first-order valence-corrected chi connectivity index (χ1v) is 7.83. The highest BCUT2D eigenvalue weighted by molar-refractivity contribution is 6.35. The molecule has 0 saturated carbocycles. The molecule has 3 rings (SSSR count). The van der Waals surface area contributed by atoms with Gasteiger partial charge in [0.25, 0.3) is 0 Å². The van der Waals surface area contributed by atoms with Crippen molar-refractivity contribution in [3.63, 3.8) is 0 Å². The van der Waals surface area contributed by atoms with Crippen molar-refractivity contribution in [2.45, 2.75) is 19.4 Å².